The van der Waals surface area contributed by atoms with Crippen molar-refractivity contribution in [3.05, 3.63) is 29.8 Å². The second-order valence-corrected chi connectivity index (χ2v) is 8.19. The summed E-state index contributed by atoms with van der Waals surface area (Å²) in [6.45, 7) is 2.23. The fourth-order valence-corrected chi connectivity index (χ4v) is 4.27. The van der Waals surface area contributed by atoms with E-state index in [4.69, 9.17) is 18.0 Å². The second kappa shape index (κ2) is 6.00. The Labute approximate surface area is 130 Å². The first-order chi connectivity index (χ1) is 9.71. The summed E-state index contributed by atoms with van der Waals surface area (Å²) >= 11 is 4.83. The summed E-state index contributed by atoms with van der Waals surface area (Å²) < 4.78 is 26.5. The van der Waals surface area contributed by atoms with E-state index < -0.39 is 15.6 Å². The van der Waals surface area contributed by atoms with Crippen LogP contribution < -0.4 is 5.73 Å². The highest BCUT2D eigenvalue weighted by Crippen LogP contribution is 2.26. The van der Waals surface area contributed by atoms with Gasteiger partial charge in [0.1, 0.15) is 0 Å². The summed E-state index contributed by atoms with van der Waals surface area (Å²) in [4.78, 5) is 0.601. The molecule has 0 aliphatic carbocycles. The number of hydrogen-bond donors (Lipinski definition) is 2. The number of nitrogens with two attached hydrogens (primary N) is 1. The molecule has 1 saturated heterocycles. The Morgan fingerprint density at radius 3 is 2.57 bits per heavy atom. The SMILES string of the molecule is CC1(O)CCCN(S(=O)(=O)c2ccc(CC(N)=S)cc2)C1. The van der Waals surface area contributed by atoms with Crippen LogP contribution in [0.3, 0.4) is 0 Å². The minimum absolute atomic E-state index is 0.129. The molecule has 1 unspecified atom stereocenters. The first-order valence-electron chi connectivity index (χ1n) is 6.80. The van der Waals surface area contributed by atoms with Crippen molar-refractivity contribution in [3.8, 4) is 0 Å². The molecular formula is C14H20N2O3S2. The zero-order valence-corrected chi connectivity index (χ0v) is 13.6. The summed E-state index contributed by atoms with van der Waals surface area (Å²) in [5.41, 5.74) is 5.39. The minimum atomic E-state index is -3.57. The molecule has 1 fully saturated rings. The predicted octanol–water partition coefficient (Wildman–Crippen LogP) is 1.05. The summed E-state index contributed by atoms with van der Waals surface area (Å²) in [7, 11) is -3.57. The van der Waals surface area contributed by atoms with Gasteiger partial charge in [-0.3, -0.25) is 0 Å². The van der Waals surface area contributed by atoms with E-state index in [2.05, 4.69) is 0 Å². The average molecular weight is 328 g/mol. The molecule has 0 amide bonds. The lowest BCUT2D eigenvalue weighted by molar-refractivity contribution is 0.00940. The molecule has 1 atom stereocenters. The molecule has 0 saturated carbocycles. The highest BCUT2D eigenvalue weighted by molar-refractivity contribution is 7.89. The number of thiocarbonyl (C=S) groups is 1. The van der Waals surface area contributed by atoms with Crippen LogP contribution in [0.5, 0.6) is 0 Å². The molecule has 1 heterocycles. The van der Waals surface area contributed by atoms with Crippen molar-refractivity contribution in [1.29, 1.82) is 0 Å². The van der Waals surface area contributed by atoms with Crippen molar-refractivity contribution in [2.45, 2.75) is 36.7 Å². The molecule has 2 rings (SSSR count). The Morgan fingerprint density at radius 1 is 1.43 bits per heavy atom. The predicted molar refractivity (Wildman–Crippen MR) is 85.5 cm³/mol. The fourth-order valence-electron chi connectivity index (χ4n) is 2.51. The third-order valence-corrected chi connectivity index (χ3v) is 5.58. The Hall–Kier alpha value is -1.02. The van der Waals surface area contributed by atoms with Crippen LogP contribution >= 0.6 is 12.2 Å². The van der Waals surface area contributed by atoms with Crippen molar-refractivity contribution in [2.24, 2.45) is 5.73 Å². The molecule has 1 aromatic carbocycles. The topological polar surface area (TPSA) is 83.6 Å². The number of benzene rings is 1. The lowest BCUT2D eigenvalue weighted by atomic mass is 9.97. The molecule has 5 nitrogen and oxygen atoms in total. The van der Waals surface area contributed by atoms with Crippen molar-refractivity contribution in [2.75, 3.05) is 13.1 Å². The number of nitrogens with zero attached hydrogens (tertiary/aromatic N) is 1. The molecule has 0 radical (unpaired) electrons. The summed E-state index contributed by atoms with van der Waals surface area (Å²) in [6, 6.07) is 6.56. The number of aliphatic hydroxyl groups is 1. The standard InChI is InChI=1S/C14H20N2O3S2/c1-14(17)7-2-8-16(10-14)21(18,19)12-5-3-11(4-6-12)9-13(15)20/h3-6,17H,2,7-10H2,1H3,(H2,15,20). The smallest absolute Gasteiger partial charge is 0.243 e. The van der Waals surface area contributed by atoms with Crippen LogP contribution in [-0.2, 0) is 16.4 Å². The largest absolute Gasteiger partial charge is 0.393 e. The average Bonchev–Trinajstić information content (AvgIpc) is 2.37. The summed E-state index contributed by atoms with van der Waals surface area (Å²) in [6.07, 6.45) is 1.73. The van der Waals surface area contributed by atoms with Gasteiger partial charge >= 0.3 is 0 Å². The van der Waals surface area contributed by atoms with Gasteiger partial charge < -0.3 is 10.8 Å². The van der Waals surface area contributed by atoms with Crippen LogP contribution in [-0.4, -0.2) is 41.5 Å². The fraction of sp³-hybridized carbons (Fsp3) is 0.500. The van der Waals surface area contributed by atoms with Crippen molar-refractivity contribution >= 4 is 27.2 Å². The van der Waals surface area contributed by atoms with Crippen LogP contribution in [0.25, 0.3) is 0 Å². The quantitative estimate of drug-likeness (QED) is 0.807. The van der Waals surface area contributed by atoms with E-state index in [1.807, 2.05) is 0 Å². The maximum Gasteiger partial charge on any atom is 0.243 e. The molecule has 21 heavy (non-hydrogen) atoms. The number of β-amino-alcohol motifs (C(OH)–C–C–N with tert-alkyl or cyclic N) is 1. The van der Waals surface area contributed by atoms with E-state index >= 15 is 0 Å². The van der Waals surface area contributed by atoms with Crippen LogP contribution in [0.15, 0.2) is 29.2 Å². The van der Waals surface area contributed by atoms with Crippen LogP contribution in [0.4, 0.5) is 0 Å². The summed E-state index contributed by atoms with van der Waals surface area (Å²) in [5.74, 6) is 0. The zero-order chi connectivity index (χ0) is 15.7. The van der Waals surface area contributed by atoms with Gasteiger partial charge in [0.15, 0.2) is 0 Å². The van der Waals surface area contributed by atoms with Gasteiger partial charge in [-0.15, -0.1) is 0 Å². The highest BCUT2D eigenvalue weighted by atomic mass is 32.2. The van der Waals surface area contributed by atoms with E-state index in [0.717, 1.165) is 5.56 Å². The van der Waals surface area contributed by atoms with E-state index in [0.29, 0.717) is 30.8 Å². The van der Waals surface area contributed by atoms with Crippen LogP contribution in [0.1, 0.15) is 25.3 Å². The first-order valence-corrected chi connectivity index (χ1v) is 8.65. The van der Waals surface area contributed by atoms with Gasteiger partial charge in [0.2, 0.25) is 10.0 Å². The Kier molecular flexibility index (Phi) is 4.67. The molecular weight excluding hydrogens is 308 g/mol. The Balaban J connectivity index is 2.21. The molecule has 7 heteroatoms. The number of sulfonamides is 1. The number of piperidine rings is 1. The van der Waals surface area contributed by atoms with Crippen molar-refractivity contribution in [1.82, 2.24) is 4.31 Å². The number of rotatable bonds is 4. The molecule has 0 aromatic heterocycles. The maximum atomic E-state index is 12.6. The van der Waals surface area contributed by atoms with E-state index in [-0.39, 0.29) is 11.4 Å². The summed E-state index contributed by atoms with van der Waals surface area (Å²) in [5, 5.41) is 10.1. The molecule has 3 N–H and O–H groups in total. The highest BCUT2D eigenvalue weighted by Gasteiger charge is 2.35. The lowest BCUT2D eigenvalue weighted by Gasteiger charge is -2.35. The normalized spacial score (nSPS) is 23.9. The molecule has 0 bridgehead atoms. The Bertz CT molecular complexity index is 624. The van der Waals surface area contributed by atoms with Gasteiger partial charge in [-0.1, -0.05) is 24.4 Å². The lowest BCUT2D eigenvalue weighted by Crippen LogP contribution is -2.48. The third-order valence-electron chi connectivity index (χ3n) is 3.58. The van der Waals surface area contributed by atoms with E-state index in [9.17, 15) is 13.5 Å². The maximum absolute atomic E-state index is 12.6. The van der Waals surface area contributed by atoms with Gasteiger partial charge in [-0.2, -0.15) is 4.31 Å². The van der Waals surface area contributed by atoms with Gasteiger partial charge in [0.05, 0.1) is 15.5 Å². The van der Waals surface area contributed by atoms with Gasteiger partial charge in [0.25, 0.3) is 0 Å². The minimum Gasteiger partial charge on any atom is -0.393 e. The van der Waals surface area contributed by atoms with Crippen LogP contribution in [0.2, 0.25) is 0 Å². The van der Waals surface area contributed by atoms with Crippen molar-refractivity contribution < 1.29 is 13.5 Å². The van der Waals surface area contributed by atoms with Gasteiger partial charge in [0, 0.05) is 19.5 Å². The van der Waals surface area contributed by atoms with E-state index in [1.165, 1.54) is 4.31 Å². The first kappa shape index (κ1) is 16.4. The second-order valence-electron chi connectivity index (χ2n) is 5.73. The van der Waals surface area contributed by atoms with Crippen molar-refractivity contribution in [3.63, 3.8) is 0 Å². The molecule has 0 spiro atoms. The Morgan fingerprint density at radius 2 is 2.05 bits per heavy atom. The molecule has 116 valence electrons. The third kappa shape index (κ3) is 4.00. The van der Waals surface area contributed by atoms with Gasteiger partial charge in [-0.25, -0.2) is 8.42 Å². The zero-order valence-electron chi connectivity index (χ0n) is 11.9. The van der Waals surface area contributed by atoms with E-state index in [1.54, 1.807) is 31.2 Å². The van der Waals surface area contributed by atoms with Gasteiger partial charge in [-0.05, 0) is 37.5 Å². The number of hydrogen-bond acceptors (Lipinski definition) is 4. The molecule has 1 aliphatic rings. The van der Waals surface area contributed by atoms with Crippen LogP contribution in [0, 0.1) is 0 Å². The molecule has 1 aliphatic heterocycles. The molecule has 1 aromatic rings. The monoisotopic (exact) mass is 328 g/mol.